The second-order valence-corrected chi connectivity index (χ2v) is 3.31. The van der Waals surface area contributed by atoms with Crippen LogP contribution in [0.3, 0.4) is 0 Å². The number of aliphatic hydroxyl groups is 1. The molecular weight excluding hydrogens is 171 g/mol. The van der Waals surface area contributed by atoms with E-state index in [1.54, 1.807) is 6.92 Å². The molecule has 1 atom stereocenters. The normalized spacial score (nSPS) is 15.4. The standard InChI is InChI=1S/C9H13FN2O/c1-9(12,5-13)7-4-6(11)2-3-8(7)10/h2-4,13H,5,11-12H2,1H3/t9-/m0/s1. The van der Waals surface area contributed by atoms with Gasteiger partial charge in [0, 0.05) is 11.3 Å². The molecule has 1 rings (SSSR count). The zero-order chi connectivity index (χ0) is 10.1. The molecule has 0 saturated heterocycles. The summed E-state index contributed by atoms with van der Waals surface area (Å²) in [6.45, 7) is 1.22. The molecule has 0 fully saturated rings. The maximum Gasteiger partial charge on any atom is 0.128 e. The van der Waals surface area contributed by atoms with E-state index in [4.69, 9.17) is 16.6 Å². The van der Waals surface area contributed by atoms with Crippen molar-refractivity contribution in [3.8, 4) is 0 Å². The van der Waals surface area contributed by atoms with Gasteiger partial charge in [-0.25, -0.2) is 4.39 Å². The number of aliphatic hydroxyl groups excluding tert-OH is 1. The van der Waals surface area contributed by atoms with E-state index in [9.17, 15) is 4.39 Å². The third kappa shape index (κ3) is 1.96. The highest BCUT2D eigenvalue weighted by molar-refractivity contribution is 5.43. The molecule has 0 amide bonds. The molecule has 0 bridgehead atoms. The summed E-state index contributed by atoms with van der Waals surface area (Å²) in [5.41, 5.74) is 10.7. The van der Waals surface area contributed by atoms with Crippen molar-refractivity contribution in [3.63, 3.8) is 0 Å². The number of halogens is 1. The zero-order valence-electron chi connectivity index (χ0n) is 7.42. The molecule has 5 N–H and O–H groups in total. The fraction of sp³-hybridized carbons (Fsp3) is 0.333. The predicted octanol–water partition coefficient (Wildman–Crippen LogP) is 0.574. The lowest BCUT2D eigenvalue weighted by molar-refractivity contribution is 0.206. The molecule has 0 aromatic heterocycles. The Morgan fingerprint density at radius 2 is 2.15 bits per heavy atom. The fourth-order valence-corrected chi connectivity index (χ4v) is 1.07. The maximum atomic E-state index is 13.2. The molecule has 3 nitrogen and oxygen atoms in total. The summed E-state index contributed by atoms with van der Waals surface area (Å²) in [7, 11) is 0. The van der Waals surface area contributed by atoms with Crippen molar-refractivity contribution < 1.29 is 9.50 Å². The molecule has 0 aliphatic rings. The highest BCUT2D eigenvalue weighted by atomic mass is 19.1. The topological polar surface area (TPSA) is 72.3 Å². The van der Waals surface area contributed by atoms with Crippen LogP contribution in [0.25, 0.3) is 0 Å². The van der Waals surface area contributed by atoms with Crippen LogP contribution in [0.15, 0.2) is 18.2 Å². The van der Waals surface area contributed by atoms with Gasteiger partial charge >= 0.3 is 0 Å². The van der Waals surface area contributed by atoms with Crippen LogP contribution in [0.5, 0.6) is 0 Å². The summed E-state index contributed by atoms with van der Waals surface area (Å²) in [5, 5.41) is 8.93. The predicted molar refractivity (Wildman–Crippen MR) is 49.4 cm³/mol. The van der Waals surface area contributed by atoms with Crippen LogP contribution in [-0.2, 0) is 5.54 Å². The van der Waals surface area contributed by atoms with E-state index in [-0.39, 0.29) is 12.2 Å². The van der Waals surface area contributed by atoms with Gasteiger partial charge in [0.2, 0.25) is 0 Å². The van der Waals surface area contributed by atoms with E-state index < -0.39 is 11.4 Å². The number of nitrogens with two attached hydrogens (primary N) is 2. The molecule has 0 heterocycles. The van der Waals surface area contributed by atoms with Crippen LogP contribution in [0, 0.1) is 5.82 Å². The van der Waals surface area contributed by atoms with E-state index in [1.807, 2.05) is 0 Å². The first-order valence-electron chi connectivity index (χ1n) is 3.92. The Labute approximate surface area is 76.2 Å². The molecule has 1 aromatic carbocycles. The first-order valence-corrected chi connectivity index (χ1v) is 3.92. The summed E-state index contributed by atoms with van der Waals surface area (Å²) >= 11 is 0. The van der Waals surface area contributed by atoms with E-state index in [0.29, 0.717) is 5.69 Å². The molecule has 0 saturated carbocycles. The molecule has 0 unspecified atom stereocenters. The molecule has 4 heteroatoms. The molecule has 13 heavy (non-hydrogen) atoms. The maximum absolute atomic E-state index is 13.2. The minimum Gasteiger partial charge on any atom is -0.399 e. The largest absolute Gasteiger partial charge is 0.399 e. The van der Waals surface area contributed by atoms with Crippen molar-refractivity contribution in [2.24, 2.45) is 5.73 Å². The molecule has 0 spiro atoms. The minimum atomic E-state index is -1.08. The minimum absolute atomic E-state index is 0.231. The Hall–Kier alpha value is -1.13. The second-order valence-electron chi connectivity index (χ2n) is 3.31. The van der Waals surface area contributed by atoms with Crippen LogP contribution < -0.4 is 11.5 Å². The number of anilines is 1. The fourth-order valence-electron chi connectivity index (χ4n) is 1.07. The Kier molecular flexibility index (Phi) is 2.54. The molecule has 72 valence electrons. The zero-order valence-corrected chi connectivity index (χ0v) is 7.42. The smallest absolute Gasteiger partial charge is 0.128 e. The number of rotatable bonds is 2. The van der Waals surface area contributed by atoms with Gasteiger partial charge in [-0.05, 0) is 25.1 Å². The SMILES string of the molecule is C[C@](N)(CO)c1cc(N)ccc1F. The third-order valence-electron chi connectivity index (χ3n) is 1.93. The second kappa shape index (κ2) is 3.32. The lowest BCUT2D eigenvalue weighted by Gasteiger charge is -2.23. The van der Waals surface area contributed by atoms with Gasteiger partial charge in [0.25, 0.3) is 0 Å². The first-order chi connectivity index (χ1) is 5.97. The van der Waals surface area contributed by atoms with Crippen LogP contribution >= 0.6 is 0 Å². The number of nitrogen functional groups attached to an aromatic ring is 1. The van der Waals surface area contributed by atoms with Gasteiger partial charge in [0.05, 0.1) is 12.1 Å². The molecule has 0 aliphatic carbocycles. The van der Waals surface area contributed by atoms with Crippen molar-refractivity contribution in [1.82, 2.24) is 0 Å². The average Bonchev–Trinajstić information content (AvgIpc) is 2.09. The van der Waals surface area contributed by atoms with Gasteiger partial charge < -0.3 is 16.6 Å². The van der Waals surface area contributed by atoms with E-state index in [0.717, 1.165) is 0 Å². The van der Waals surface area contributed by atoms with Crippen LogP contribution in [0.2, 0.25) is 0 Å². The Balaban J connectivity index is 3.20. The third-order valence-corrected chi connectivity index (χ3v) is 1.93. The van der Waals surface area contributed by atoms with Gasteiger partial charge in [0.1, 0.15) is 5.82 Å². The first kappa shape index (κ1) is 9.95. The summed E-state index contributed by atoms with van der Waals surface area (Å²) in [6.07, 6.45) is 0. The van der Waals surface area contributed by atoms with Gasteiger partial charge in [-0.1, -0.05) is 0 Å². The van der Waals surface area contributed by atoms with Crippen molar-refractivity contribution in [1.29, 1.82) is 0 Å². The number of hydrogen-bond acceptors (Lipinski definition) is 3. The monoisotopic (exact) mass is 184 g/mol. The number of hydrogen-bond donors (Lipinski definition) is 3. The van der Waals surface area contributed by atoms with Gasteiger partial charge in [-0.3, -0.25) is 0 Å². The Morgan fingerprint density at radius 1 is 1.54 bits per heavy atom. The van der Waals surface area contributed by atoms with E-state index in [1.165, 1.54) is 18.2 Å². The summed E-state index contributed by atoms with van der Waals surface area (Å²) in [6, 6.07) is 4.13. The van der Waals surface area contributed by atoms with Crippen LogP contribution in [0.1, 0.15) is 12.5 Å². The van der Waals surface area contributed by atoms with Crippen LogP contribution in [0.4, 0.5) is 10.1 Å². The quantitative estimate of drug-likeness (QED) is 0.588. The van der Waals surface area contributed by atoms with E-state index >= 15 is 0 Å². The van der Waals surface area contributed by atoms with Gasteiger partial charge in [0.15, 0.2) is 0 Å². The average molecular weight is 184 g/mol. The van der Waals surface area contributed by atoms with Gasteiger partial charge in [-0.2, -0.15) is 0 Å². The van der Waals surface area contributed by atoms with Crippen molar-refractivity contribution in [2.75, 3.05) is 12.3 Å². The highest BCUT2D eigenvalue weighted by Crippen LogP contribution is 2.22. The summed E-state index contributed by atoms with van der Waals surface area (Å²) in [4.78, 5) is 0. The highest BCUT2D eigenvalue weighted by Gasteiger charge is 2.23. The lowest BCUT2D eigenvalue weighted by atomic mass is 9.93. The van der Waals surface area contributed by atoms with Crippen molar-refractivity contribution >= 4 is 5.69 Å². The molecule has 1 aromatic rings. The molecule has 0 radical (unpaired) electrons. The van der Waals surface area contributed by atoms with Crippen molar-refractivity contribution in [3.05, 3.63) is 29.6 Å². The Morgan fingerprint density at radius 3 is 2.69 bits per heavy atom. The van der Waals surface area contributed by atoms with E-state index in [2.05, 4.69) is 0 Å². The summed E-state index contributed by atoms with van der Waals surface area (Å²) < 4.78 is 13.2. The van der Waals surface area contributed by atoms with Gasteiger partial charge in [-0.15, -0.1) is 0 Å². The molecule has 0 aliphatic heterocycles. The Bertz CT molecular complexity index is 312. The molecular formula is C9H13FN2O. The summed E-state index contributed by atoms with van der Waals surface area (Å²) in [5.74, 6) is -0.451. The van der Waals surface area contributed by atoms with Crippen LogP contribution in [-0.4, -0.2) is 11.7 Å². The number of benzene rings is 1. The lowest BCUT2D eigenvalue weighted by Crippen LogP contribution is -2.37. The van der Waals surface area contributed by atoms with Crippen molar-refractivity contribution in [2.45, 2.75) is 12.5 Å².